The van der Waals surface area contributed by atoms with E-state index in [0.29, 0.717) is 18.9 Å². The molecule has 0 saturated carbocycles. The van der Waals surface area contributed by atoms with Crippen molar-refractivity contribution in [1.29, 1.82) is 0 Å². The van der Waals surface area contributed by atoms with E-state index in [9.17, 15) is 4.79 Å². The zero-order valence-electron chi connectivity index (χ0n) is 12.9. The van der Waals surface area contributed by atoms with Gasteiger partial charge in [0.1, 0.15) is 5.75 Å². The van der Waals surface area contributed by atoms with Crippen molar-refractivity contribution in [2.24, 2.45) is 0 Å². The number of carbonyl (C=O) groups excluding carboxylic acids is 1. The number of benzene rings is 2. The molecule has 0 aliphatic carbocycles. The van der Waals surface area contributed by atoms with Crippen molar-refractivity contribution >= 4 is 5.78 Å². The third-order valence-electron chi connectivity index (χ3n) is 3.49. The Morgan fingerprint density at radius 2 is 1.81 bits per heavy atom. The fourth-order valence-corrected chi connectivity index (χ4v) is 2.16. The molecule has 0 bridgehead atoms. The van der Waals surface area contributed by atoms with Gasteiger partial charge in [0.25, 0.3) is 0 Å². The standard InChI is InChI=1S/C19H22O2/c1-14(2)16-7-9-17(10-8-16)19(20)11-12-21-18-6-4-5-15(3)13-18/h4-10,13-14H,11-12H2,1-3H3. The molecule has 0 aromatic heterocycles. The Balaban J connectivity index is 1.87. The Morgan fingerprint density at radius 1 is 1.10 bits per heavy atom. The molecule has 0 atom stereocenters. The topological polar surface area (TPSA) is 26.3 Å². The van der Waals surface area contributed by atoms with Crippen molar-refractivity contribution in [3.8, 4) is 5.75 Å². The molecule has 0 fully saturated rings. The van der Waals surface area contributed by atoms with Crippen LogP contribution in [0.3, 0.4) is 0 Å². The van der Waals surface area contributed by atoms with Gasteiger partial charge in [0, 0.05) is 12.0 Å². The molecule has 0 aliphatic rings. The highest BCUT2D eigenvalue weighted by molar-refractivity contribution is 5.96. The maximum absolute atomic E-state index is 12.1. The van der Waals surface area contributed by atoms with Crippen LogP contribution in [0, 0.1) is 6.92 Å². The quantitative estimate of drug-likeness (QED) is 0.713. The van der Waals surface area contributed by atoms with Gasteiger partial charge >= 0.3 is 0 Å². The SMILES string of the molecule is Cc1cccc(OCCC(=O)c2ccc(C(C)C)cc2)c1. The van der Waals surface area contributed by atoms with Gasteiger partial charge in [0.05, 0.1) is 6.61 Å². The molecular formula is C19H22O2. The van der Waals surface area contributed by atoms with E-state index >= 15 is 0 Å². The Morgan fingerprint density at radius 3 is 2.43 bits per heavy atom. The second-order valence-corrected chi connectivity index (χ2v) is 5.61. The lowest BCUT2D eigenvalue weighted by Crippen LogP contribution is -2.07. The van der Waals surface area contributed by atoms with Gasteiger partial charge in [-0.3, -0.25) is 4.79 Å². The molecule has 2 heteroatoms. The second kappa shape index (κ2) is 7.07. The summed E-state index contributed by atoms with van der Waals surface area (Å²) in [6.07, 6.45) is 0.398. The number of Topliss-reactive ketones (excluding diaryl/α,β-unsaturated/α-hetero) is 1. The highest BCUT2D eigenvalue weighted by Crippen LogP contribution is 2.16. The van der Waals surface area contributed by atoms with Crippen LogP contribution in [0.4, 0.5) is 0 Å². The number of aryl methyl sites for hydroxylation is 1. The van der Waals surface area contributed by atoms with Crippen LogP contribution in [-0.2, 0) is 0 Å². The summed E-state index contributed by atoms with van der Waals surface area (Å²) >= 11 is 0. The smallest absolute Gasteiger partial charge is 0.166 e. The molecule has 110 valence electrons. The highest BCUT2D eigenvalue weighted by Gasteiger charge is 2.07. The molecule has 0 N–H and O–H groups in total. The lowest BCUT2D eigenvalue weighted by molar-refractivity contribution is 0.0962. The first-order valence-corrected chi connectivity index (χ1v) is 7.39. The third-order valence-corrected chi connectivity index (χ3v) is 3.49. The van der Waals surface area contributed by atoms with Gasteiger partial charge in [-0.25, -0.2) is 0 Å². The molecule has 2 rings (SSSR count). The predicted molar refractivity (Wildman–Crippen MR) is 86.2 cm³/mol. The summed E-state index contributed by atoms with van der Waals surface area (Å²) < 4.78 is 5.62. The minimum atomic E-state index is 0.123. The summed E-state index contributed by atoms with van der Waals surface area (Å²) in [5.41, 5.74) is 3.16. The van der Waals surface area contributed by atoms with Crippen molar-refractivity contribution in [1.82, 2.24) is 0 Å². The number of hydrogen-bond acceptors (Lipinski definition) is 2. The molecule has 0 unspecified atom stereocenters. The first-order valence-electron chi connectivity index (χ1n) is 7.39. The Labute approximate surface area is 126 Å². The average molecular weight is 282 g/mol. The average Bonchev–Trinajstić information content (AvgIpc) is 2.47. The minimum absolute atomic E-state index is 0.123. The van der Waals surface area contributed by atoms with E-state index < -0.39 is 0 Å². The lowest BCUT2D eigenvalue weighted by atomic mass is 10.00. The molecule has 0 amide bonds. The van der Waals surface area contributed by atoms with Crippen molar-refractivity contribution in [2.45, 2.75) is 33.1 Å². The van der Waals surface area contributed by atoms with Gasteiger partial charge in [-0.1, -0.05) is 50.2 Å². The summed E-state index contributed by atoms with van der Waals surface area (Å²) in [7, 11) is 0. The van der Waals surface area contributed by atoms with Gasteiger partial charge in [0.2, 0.25) is 0 Å². The maximum Gasteiger partial charge on any atom is 0.166 e. The molecule has 0 radical (unpaired) electrons. The summed E-state index contributed by atoms with van der Waals surface area (Å²) in [5.74, 6) is 1.43. The number of ether oxygens (including phenoxy) is 1. The molecule has 2 aromatic carbocycles. The number of hydrogen-bond donors (Lipinski definition) is 0. The van der Waals surface area contributed by atoms with Crippen LogP contribution in [0.25, 0.3) is 0 Å². The molecular weight excluding hydrogens is 260 g/mol. The van der Waals surface area contributed by atoms with Crippen molar-refractivity contribution in [3.05, 3.63) is 65.2 Å². The zero-order valence-corrected chi connectivity index (χ0v) is 12.9. The molecule has 2 aromatic rings. The van der Waals surface area contributed by atoms with E-state index in [2.05, 4.69) is 13.8 Å². The molecule has 21 heavy (non-hydrogen) atoms. The van der Waals surface area contributed by atoms with Gasteiger partial charge in [0.15, 0.2) is 5.78 Å². The molecule has 2 nitrogen and oxygen atoms in total. The van der Waals surface area contributed by atoms with Crippen LogP contribution in [0.2, 0.25) is 0 Å². The van der Waals surface area contributed by atoms with Gasteiger partial charge in [-0.15, -0.1) is 0 Å². The fraction of sp³-hybridized carbons (Fsp3) is 0.316. The maximum atomic E-state index is 12.1. The molecule has 0 heterocycles. The molecule has 0 spiro atoms. The fourth-order valence-electron chi connectivity index (χ4n) is 2.16. The zero-order chi connectivity index (χ0) is 15.2. The minimum Gasteiger partial charge on any atom is -0.493 e. The summed E-state index contributed by atoms with van der Waals surface area (Å²) in [6, 6.07) is 15.7. The second-order valence-electron chi connectivity index (χ2n) is 5.61. The number of rotatable bonds is 6. The van der Waals surface area contributed by atoms with Crippen molar-refractivity contribution in [2.75, 3.05) is 6.61 Å². The number of carbonyl (C=O) groups is 1. The normalized spacial score (nSPS) is 10.7. The van der Waals surface area contributed by atoms with Crippen LogP contribution in [-0.4, -0.2) is 12.4 Å². The summed E-state index contributed by atoms with van der Waals surface area (Å²) in [4.78, 5) is 12.1. The van der Waals surface area contributed by atoms with E-state index in [1.54, 1.807) is 0 Å². The van der Waals surface area contributed by atoms with E-state index in [1.807, 2.05) is 55.5 Å². The van der Waals surface area contributed by atoms with E-state index in [4.69, 9.17) is 4.74 Å². The third kappa shape index (κ3) is 4.45. The van der Waals surface area contributed by atoms with Crippen molar-refractivity contribution < 1.29 is 9.53 Å². The molecule has 0 aliphatic heterocycles. The van der Waals surface area contributed by atoms with Crippen LogP contribution in [0.15, 0.2) is 48.5 Å². The van der Waals surface area contributed by atoms with Crippen LogP contribution < -0.4 is 4.74 Å². The first-order chi connectivity index (χ1) is 10.1. The predicted octanol–water partition coefficient (Wildman–Crippen LogP) is 4.77. The Bertz CT molecular complexity index is 597. The molecule has 0 saturated heterocycles. The van der Waals surface area contributed by atoms with Crippen LogP contribution >= 0.6 is 0 Å². The highest BCUT2D eigenvalue weighted by atomic mass is 16.5. The van der Waals surface area contributed by atoms with Crippen LogP contribution in [0.5, 0.6) is 5.75 Å². The van der Waals surface area contributed by atoms with Crippen molar-refractivity contribution in [3.63, 3.8) is 0 Å². The van der Waals surface area contributed by atoms with Gasteiger partial charge in [-0.2, -0.15) is 0 Å². The first kappa shape index (κ1) is 15.3. The largest absolute Gasteiger partial charge is 0.493 e. The summed E-state index contributed by atoms with van der Waals surface area (Å²) in [6.45, 7) is 6.72. The van der Waals surface area contributed by atoms with Gasteiger partial charge < -0.3 is 4.74 Å². The van der Waals surface area contributed by atoms with Gasteiger partial charge in [-0.05, 0) is 36.1 Å². The van der Waals surface area contributed by atoms with Crippen LogP contribution in [0.1, 0.15) is 47.7 Å². The Hall–Kier alpha value is -2.09. The van der Waals surface area contributed by atoms with E-state index in [-0.39, 0.29) is 5.78 Å². The monoisotopic (exact) mass is 282 g/mol. The van der Waals surface area contributed by atoms with E-state index in [0.717, 1.165) is 16.9 Å². The Kier molecular flexibility index (Phi) is 5.15. The number of ketones is 1. The van der Waals surface area contributed by atoms with E-state index in [1.165, 1.54) is 5.56 Å². The summed E-state index contributed by atoms with van der Waals surface area (Å²) in [5, 5.41) is 0. The lowest BCUT2D eigenvalue weighted by Gasteiger charge is -2.08.